The topological polar surface area (TPSA) is 130 Å². The van der Waals surface area contributed by atoms with Crippen LogP contribution in [0.1, 0.15) is 5.56 Å². The van der Waals surface area contributed by atoms with Crippen LogP contribution in [0, 0.1) is 15.5 Å². The second kappa shape index (κ2) is 9.74. The number of rotatable bonds is 8. The third-order valence-electron chi connectivity index (χ3n) is 5.01. The molecular formula is C20H25N7O4. The van der Waals surface area contributed by atoms with Gasteiger partial charge in [0.15, 0.2) is 11.6 Å². The van der Waals surface area contributed by atoms with Crippen molar-refractivity contribution in [2.45, 2.75) is 0 Å². The summed E-state index contributed by atoms with van der Waals surface area (Å²) in [5.41, 5.74) is 1.75. The molecule has 11 nitrogen and oxygen atoms in total. The smallest absolute Gasteiger partial charge is 0.311 e. The van der Waals surface area contributed by atoms with Crippen molar-refractivity contribution in [3.63, 3.8) is 0 Å². The van der Waals surface area contributed by atoms with Gasteiger partial charge in [0.1, 0.15) is 0 Å². The molecule has 0 amide bonds. The van der Waals surface area contributed by atoms with Crippen LogP contribution in [0.5, 0.6) is 11.6 Å². The molecular weight excluding hydrogens is 402 g/mol. The molecule has 2 N–H and O–H groups in total. The summed E-state index contributed by atoms with van der Waals surface area (Å²) in [6, 6.07) is 3.13. The summed E-state index contributed by atoms with van der Waals surface area (Å²) < 4.78 is 10.4. The average molecular weight is 427 g/mol. The maximum absolute atomic E-state index is 11.5. The first-order chi connectivity index (χ1) is 15.0. The van der Waals surface area contributed by atoms with Crippen LogP contribution in [0.25, 0.3) is 5.57 Å². The van der Waals surface area contributed by atoms with Gasteiger partial charge in [-0.05, 0) is 0 Å². The van der Waals surface area contributed by atoms with Gasteiger partial charge in [0, 0.05) is 74.6 Å². The van der Waals surface area contributed by atoms with Crippen molar-refractivity contribution in [3.8, 4) is 11.6 Å². The molecule has 1 aromatic carbocycles. The van der Waals surface area contributed by atoms with Crippen LogP contribution in [0.4, 0.5) is 17.2 Å². The van der Waals surface area contributed by atoms with Crippen LogP contribution >= 0.6 is 0 Å². The molecule has 1 aliphatic rings. The fourth-order valence-electron chi connectivity index (χ4n) is 3.47. The van der Waals surface area contributed by atoms with E-state index in [1.165, 1.54) is 19.4 Å². The van der Waals surface area contributed by atoms with Crippen LogP contribution in [0.3, 0.4) is 0 Å². The Morgan fingerprint density at radius 2 is 1.90 bits per heavy atom. The van der Waals surface area contributed by atoms with Crippen LogP contribution in [0.15, 0.2) is 30.7 Å². The summed E-state index contributed by atoms with van der Waals surface area (Å²) in [5.74, 6) is 1.37. The maximum Gasteiger partial charge on any atom is 0.311 e. The number of benzene rings is 1. The molecule has 1 aliphatic heterocycles. The Kier molecular flexibility index (Phi) is 6.85. The first-order valence-corrected chi connectivity index (χ1v) is 9.63. The molecule has 0 saturated carbocycles. The lowest BCUT2D eigenvalue weighted by Gasteiger charge is -2.37. The predicted octanol–water partition coefficient (Wildman–Crippen LogP) is 1.94. The first-order valence-electron chi connectivity index (χ1n) is 9.63. The van der Waals surface area contributed by atoms with Crippen molar-refractivity contribution in [1.29, 1.82) is 5.41 Å². The molecule has 0 aliphatic carbocycles. The minimum absolute atomic E-state index is 0.143. The molecule has 0 bridgehead atoms. The number of nitrogens with zero attached hydrogens (tertiary/aromatic N) is 5. The van der Waals surface area contributed by atoms with Gasteiger partial charge in [-0.1, -0.05) is 0 Å². The molecule has 1 aromatic heterocycles. The van der Waals surface area contributed by atoms with Gasteiger partial charge in [0.25, 0.3) is 0 Å². The number of hydrogen-bond donors (Lipinski definition) is 2. The molecule has 1 saturated heterocycles. The number of aromatic nitrogens is 2. The summed E-state index contributed by atoms with van der Waals surface area (Å²) in [7, 11) is 4.68. The minimum Gasteiger partial charge on any atom is -0.490 e. The number of ether oxygens (including phenoxy) is 2. The highest BCUT2D eigenvalue weighted by Crippen LogP contribution is 2.38. The highest BCUT2D eigenvalue weighted by atomic mass is 16.6. The number of nitro groups is 1. The zero-order valence-electron chi connectivity index (χ0n) is 17.7. The molecule has 31 heavy (non-hydrogen) atoms. The van der Waals surface area contributed by atoms with Crippen LogP contribution < -0.4 is 24.6 Å². The Labute approximate surface area is 180 Å². The second-order valence-corrected chi connectivity index (χ2v) is 6.72. The molecule has 3 rings (SSSR count). The number of nitro benzene ring substituents is 1. The summed E-state index contributed by atoms with van der Waals surface area (Å²) in [6.45, 7) is 2.65. The SMILES string of the molecule is CN/C=C(\C=N)c1cc([N+](=O)[O-])c(OC)cc1N1CCN(c2cncc(OC)n2)CC1. The van der Waals surface area contributed by atoms with Crippen LogP contribution in [-0.4, -0.2) is 68.6 Å². The lowest BCUT2D eigenvalue weighted by Crippen LogP contribution is -2.47. The van der Waals surface area contributed by atoms with Crippen molar-refractivity contribution in [2.24, 2.45) is 0 Å². The Hall–Kier alpha value is -3.89. The highest BCUT2D eigenvalue weighted by molar-refractivity contribution is 6.11. The molecule has 2 aromatic rings. The third kappa shape index (κ3) is 4.65. The quantitative estimate of drug-likeness (QED) is 0.369. The molecule has 2 heterocycles. The van der Waals surface area contributed by atoms with Crippen LogP contribution in [-0.2, 0) is 0 Å². The zero-order chi connectivity index (χ0) is 22.4. The molecule has 164 valence electrons. The fraction of sp³-hybridized carbons (Fsp3) is 0.350. The van der Waals surface area contributed by atoms with E-state index < -0.39 is 4.92 Å². The summed E-state index contributed by atoms with van der Waals surface area (Å²) in [5, 5.41) is 22.2. The molecule has 0 spiro atoms. The van der Waals surface area contributed by atoms with Gasteiger partial charge in [0.2, 0.25) is 5.88 Å². The minimum atomic E-state index is -0.480. The second-order valence-electron chi connectivity index (χ2n) is 6.72. The zero-order valence-corrected chi connectivity index (χ0v) is 17.7. The molecule has 0 radical (unpaired) electrons. The molecule has 11 heteroatoms. The van der Waals surface area contributed by atoms with E-state index in [2.05, 4.69) is 25.1 Å². The monoisotopic (exact) mass is 427 g/mol. The van der Waals surface area contributed by atoms with Crippen LogP contribution in [0.2, 0.25) is 0 Å². The normalized spacial score (nSPS) is 14.2. The standard InChI is InChI=1S/C20H25N7O4/c1-22-11-14(10-21)15-8-17(27(28)29)18(30-2)9-16(15)25-4-6-26(7-5-25)19-12-23-13-20(24-19)31-3/h8-13,21-22H,4-7H2,1-3H3/b14-11+,21-10?. The van der Waals surface area contributed by atoms with E-state index >= 15 is 0 Å². The Morgan fingerprint density at radius 1 is 1.19 bits per heavy atom. The van der Waals surface area contributed by atoms with Crippen molar-refractivity contribution in [3.05, 3.63) is 46.4 Å². The number of hydrogen-bond acceptors (Lipinski definition) is 10. The van der Waals surface area contributed by atoms with Gasteiger partial charge in [-0.3, -0.25) is 15.1 Å². The van der Waals surface area contributed by atoms with E-state index in [0.29, 0.717) is 43.2 Å². The molecule has 0 atom stereocenters. The Morgan fingerprint density at radius 3 is 2.48 bits per heavy atom. The Bertz CT molecular complexity index is 987. The summed E-state index contributed by atoms with van der Waals surface area (Å²) >= 11 is 0. The van der Waals surface area contributed by atoms with E-state index in [9.17, 15) is 10.1 Å². The summed E-state index contributed by atoms with van der Waals surface area (Å²) in [4.78, 5) is 23.9. The fourth-order valence-corrected chi connectivity index (χ4v) is 3.47. The van der Waals surface area contributed by atoms with Crippen molar-refractivity contribution < 1.29 is 14.4 Å². The van der Waals surface area contributed by atoms with Gasteiger partial charge in [-0.15, -0.1) is 0 Å². The van der Waals surface area contributed by atoms with E-state index in [4.69, 9.17) is 14.9 Å². The van der Waals surface area contributed by atoms with Crippen molar-refractivity contribution in [1.82, 2.24) is 15.3 Å². The van der Waals surface area contributed by atoms with Crippen molar-refractivity contribution in [2.75, 3.05) is 57.2 Å². The number of methoxy groups -OCH3 is 2. The Balaban J connectivity index is 1.93. The number of nitrogens with one attached hydrogen (secondary N) is 2. The van der Waals surface area contributed by atoms with E-state index in [-0.39, 0.29) is 11.4 Å². The van der Waals surface area contributed by atoms with E-state index in [0.717, 1.165) is 11.5 Å². The molecule has 0 unspecified atom stereocenters. The van der Waals surface area contributed by atoms with Gasteiger partial charge in [0.05, 0.1) is 31.5 Å². The van der Waals surface area contributed by atoms with Gasteiger partial charge >= 0.3 is 5.69 Å². The van der Waals surface area contributed by atoms with Gasteiger partial charge in [-0.2, -0.15) is 4.98 Å². The third-order valence-corrected chi connectivity index (χ3v) is 5.01. The van der Waals surface area contributed by atoms with Crippen molar-refractivity contribution >= 4 is 29.0 Å². The highest BCUT2D eigenvalue weighted by Gasteiger charge is 2.26. The summed E-state index contributed by atoms with van der Waals surface area (Å²) in [6.07, 6.45) is 6.07. The maximum atomic E-state index is 11.5. The van der Waals surface area contributed by atoms with Gasteiger partial charge in [-0.25, -0.2) is 0 Å². The lowest BCUT2D eigenvalue weighted by atomic mass is 10.0. The number of allylic oxidation sites excluding steroid dienone is 1. The van der Waals surface area contributed by atoms with E-state index in [1.807, 2.05) is 0 Å². The number of piperazine rings is 1. The number of anilines is 2. The van der Waals surface area contributed by atoms with E-state index in [1.54, 1.807) is 38.8 Å². The average Bonchev–Trinajstić information content (AvgIpc) is 2.81. The molecule has 1 fully saturated rings. The lowest BCUT2D eigenvalue weighted by molar-refractivity contribution is -0.385. The van der Waals surface area contributed by atoms with Gasteiger partial charge < -0.3 is 30.0 Å². The first kappa shape index (κ1) is 21.8. The predicted molar refractivity (Wildman–Crippen MR) is 118 cm³/mol. The largest absolute Gasteiger partial charge is 0.490 e.